The van der Waals surface area contributed by atoms with Crippen LogP contribution in [0.3, 0.4) is 0 Å². The molecule has 0 saturated carbocycles. The van der Waals surface area contributed by atoms with Crippen molar-refractivity contribution < 1.29 is 33.7 Å². The molecule has 1 aromatic heterocycles. The molecule has 2 aromatic carbocycles. The van der Waals surface area contributed by atoms with Crippen LogP contribution in [0.2, 0.25) is 0 Å². The summed E-state index contributed by atoms with van der Waals surface area (Å²) in [6.45, 7) is 8.03. The summed E-state index contributed by atoms with van der Waals surface area (Å²) in [5, 5.41) is 23.0. The summed E-state index contributed by atoms with van der Waals surface area (Å²) in [5.41, 5.74) is 5.15. The van der Waals surface area contributed by atoms with Gasteiger partial charge in [0.2, 0.25) is 0 Å². The van der Waals surface area contributed by atoms with E-state index in [1.165, 1.54) is 12.1 Å². The van der Waals surface area contributed by atoms with E-state index in [0.717, 1.165) is 39.7 Å². The topological polar surface area (TPSA) is 123 Å². The summed E-state index contributed by atoms with van der Waals surface area (Å²) in [4.78, 5) is 18.2. The van der Waals surface area contributed by atoms with Crippen molar-refractivity contribution in [2.45, 2.75) is 33.4 Å². The molecule has 3 N–H and O–H groups in total. The van der Waals surface area contributed by atoms with Gasteiger partial charge in [0.25, 0.3) is 0 Å². The Kier molecular flexibility index (Phi) is 7.85. The zero-order valence-electron chi connectivity index (χ0n) is 19.0. The Morgan fingerprint density at radius 2 is 1.68 bits per heavy atom. The highest BCUT2D eigenvalue weighted by atomic mass is 19.1. The first-order valence-electron chi connectivity index (χ1n) is 10.6. The second kappa shape index (κ2) is 10.8. The molecule has 4 rings (SSSR count). The molecular weight excluding hydrogens is 445 g/mol. The normalized spacial score (nSPS) is 12.9. The number of carbonyl (C=O) groups is 2. The number of nitrogens with zero attached hydrogens (tertiary/aromatic N) is 2. The van der Waals surface area contributed by atoms with E-state index in [9.17, 15) is 4.39 Å². The maximum Gasteiger partial charge on any atom is 0.414 e. The number of aryl methyl sites for hydroxylation is 1. The lowest BCUT2D eigenvalue weighted by atomic mass is 10.1. The number of halogens is 1. The molecule has 0 radical (unpaired) electrons. The molecule has 9 nitrogen and oxygen atoms in total. The highest BCUT2D eigenvalue weighted by molar-refractivity contribution is 6.27. The number of nitrogens with one attached hydrogen (secondary N) is 1. The van der Waals surface area contributed by atoms with Crippen molar-refractivity contribution in [1.82, 2.24) is 15.1 Å². The Morgan fingerprint density at radius 3 is 2.29 bits per heavy atom. The standard InChI is InChI=1S/C22H24FN3O2.C2H2O4/c1-14(17-4-9-21-22(12-17)28-11-10-27-21)24-13-20-15(2)25-26(16(20)3)19-7-5-18(23)6-8-19;3-1(4)2(5)6/h4-9,12,14,24H,10-11,13H2,1-3H3;(H,3,4)(H,5,6). The lowest BCUT2D eigenvalue weighted by Gasteiger charge is -2.21. The minimum Gasteiger partial charge on any atom is -0.486 e. The minimum atomic E-state index is -1.82. The van der Waals surface area contributed by atoms with Crippen LogP contribution in [0.4, 0.5) is 4.39 Å². The van der Waals surface area contributed by atoms with Gasteiger partial charge in [-0.2, -0.15) is 5.10 Å². The molecule has 3 aromatic rings. The van der Waals surface area contributed by atoms with Crippen molar-refractivity contribution in [1.29, 1.82) is 0 Å². The van der Waals surface area contributed by atoms with Gasteiger partial charge in [0.1, 0.15) is 19.0 Å². The van der Waals surface area contributed by atoms with Gasteiger partial charge in [-0.3, -0.25) is 0 Å². The number of ether oxygens (including phenoxy) is 2. The molecule has 1 unspecified atom stereocenters. The van der Waals surface area contributed by atoms with Crippen LogP contribution < -0.4 is 14.8 Å². The minimum absolute atomic E-state index is 0.142. The third-order valence-corrected chi connectivity index (χ3v) is 5.35. The summed E-state index contributed by atoms with van der Waals surface area (Å²) in [5.74, 6) is -2.30. The fourth-order valence-electron chi connectivity index (χ4n) is 3.47. The van der Waals surface area contributed by atoms with Crippen LogP contribution in [0, 0.1) is 19.7 Å². The Hall–Kier alpha value is -3.92. The predicted molar refractivity (Wildman–Crippen MR) is 121 cm³/mol. The number of benzene rings is 2. The summed E-state index contributed by atoms with van der Waals surface area (Å²) in [6, 6.07) is 12.6. The third kappa shape index (κ3) is 5.90. The number of fused-ring (bicyclic) bond motifs is 1. The average molecular weight is 471 g/mol. The molecule has 2 heterocycles. The smallest absolute Gasteiger partial charge is 0.414 e. The first kappa shape index (κ1) is 24.7. The number of carboxylic acid groups (broad SMARTS) is 2. The van der Waals surface area contributed by atoms with E-state index < -0.39 is 11.9 Å². The third-order valence-electron chi connectivity index (χ3n) is 5.35. The highest BCUT2D eigenvalue weighted by Crippen LogP contribution is 2.32. The summed E-state index contributed by atoms with van der Waals surface area (Å²) < 4.78 is 26.3. The van der Waals surface area contributed by atoms with Crippen molar-refractivity contribution in [2.75, 3.05) is 13.2 Å². The number of hydrogen-bond acceptors (Lipinski definition) is 6. The van der Waals surface area contributed by atoms with Crippen molar-refractivity contribution in [3.05, 3.63) is 70.8 Å². The average Bonchev–Trinajstić information content (AvgIpc) is 3.11. The molecule has 0 amide bonds. The summed E-state index contributed by atoms with van der Waals surface area (Å²) >= 11 is 0. The molecule has 0 fully saturated rings. The van der Waals surface area contributed by atoms with Gasteiger partial charge in [-0.05, 0) is 62.7 Å². The van der Waals surface area contributed by atoms with Crippen LogP contribution in [-0.4, -0.2) is 45.1 Å². The molecule has 0 bridgehead atoms. The molecular formula is C24H26FN3O6. The first-order chi connectivity index (χ1) is 16.2. The van der Waals surface area contributed by atoms with Crippen LogP contribution >= 0.6 is 0 Å². The first-order valence-corrected chi connectivity index (χ1v) is 10.6. The Bertz CT molecular complexity index is 1160. The van der Waals surface area contributed by atoms with Gasteiger partial charge in [-0.15, -0.1) is 0 Å². The highest BCUT2D eigenvalue weighted by Gasteiger charge is 2.17. The van der Waals surface area contributed by atoms with Crippen molar-refractivity contribution in [3.63, 3.8) is 0 Å². The molecule has 34 heavy (non-hydrogen) atoms. The number of carboxylic acids is 2. The predicted octanol–water partition coefficient (Wildman–Crippen LogP) is 3.41. The summed E-state index contributed by atoms with van der Waals surface area (Å²) in [6.07, 6.45) is 0. The van der Waals surface area contributed by atoms with Crippen molar-refractivity contribution >= 4 is 11.9 Å². The maximum atomic E-state index is 13.2. The van der Waals surface area contributed by atoms with E-state index in [-0.39, 0.29) is 11.9 Å². The van der Waals surface area contributed by atoms with Gasteiger partial charge in [0.05, 0.1) is 11.4 Å². The van der Waals surface area contributed by atoms with Gasteiger partial charge in [-0.1, -0.05) is 6.07 Å². The van der Waals surface area contributed by atoms with Crippen LogP contribution in [0.1, 0.15) is 35.5 Å². The van der Waals surface area contributed by atoms with E-state index in [0.29, 0.717) is 19.8 Å². The van der Waals surface area contributed by atoms with Crippen LogP contribution in [0.5, 0.6) is 11.5 Å². The van der Waals surface area contributed by atoms with Gasteiger partial charge >= 0.3 is 11.9 Å². The van der Waals surface area contributed by atoms with Crippen molar-refractivity contribution in [3.8, 4) is 17.2 Å². The van der Waals surface area contributed by atoms with E-state index in [4.69, 9.17) is 29.3 Å². The Labute approximate surface area is 195 Å². The lowest BCUT2D eigenvalue weighted by Crippen LogP contribution is -2.20. The second-order valence-electron chi connectivity index (χ2n) is 7.65. The summed E-state index contributed by atoms with van der Waals surface area (Å²) in [7, 11) is 0. The SMILES string of the molecule is Cc1nn(-c2ccc(F)cc2)c(C)c1CNC(C)c1ccc2c(c1)OCCO2.O=C(O)C(=O)O. The Balaban J connectivity index is 0.000000481. The zero-order valence-corrected chi connectivity index (χ0v) is 19.0. The second-order valence-corrected chi connectivity index (χ2v) is 7.65. The van der Waals surface area contributed by atoms with E-state index >= 15 is 0 Å². The largest absolute Gasteiger partial charge is 0.486 e. The van der Waals surface area contributed by atoms with E-state index in [1.54, 1.807) is 12.1 Å². The molecule has 0 saturated heterocycles. The van der Waals surface area contributed by atoms with Crippen LogP contribution in [0.15, 0.2) is 42.5 Å². The zero-order chi connectivity index (χ0) is 24.8. The van der Waals surface area contributed by atoms with Gasteiger partial charge < -0.3 is 25.0 Å². The number of hydrogen-bond donors (Lipinski definition) is 3. The fourth-order valence-corrected chi connectivity index (χ4v) is 3.47. The van der Waals surface area contributed by atoms with Crippen LogP contribution in [0.25, 0.3) is 5.69 Å². The monoisotopic (exact) mass is 471 g/mol. The Morgan fingerprint density at radius 1 is 1.06 bits per heavy atom. The number of rotatable bonds is 5. The molecule has 180 valence electrons. The molecule has 0 spiro atoms. The van der Waals surface area contributed by atoms with Crippen molar-refractivity contribution in [2.24, 2.45) is 0 Å². The van der Waals surface area contributed by atoms with Crippen LogP contribution in [-0.2, 0) is 16.1 Å². The lowest BCUT2D eigenvalue weighted by molar-refractivity contribution is -0.159. The number of aromatic nitrogens is 2. The fraction of sp³-hybridized carbons (Fsp3) is 0.292. The molecule has 0 aliphatic carbocycles. The number of aliphatic carboxylic acids is 2. The van der Waals surface area contributed by atoms with E-state index in [2.05, 4.69) is 23.4 Å². The van der Waals surface area contributed by atoms with Gasteiger partial charge in [0.15, 0.2) is 11.5 Å². The molecule has 1 aliphatic heterocycles. The molecule has 1 atom stereocenters. The molecule has 10 heteroatoms. The molecule has 1 aliphatic rings. The van der Waals surface area contributed by atoms with Gasteiger partial charge in [-0.25, -0.2) is 18.7 Å². The van der Waals surface area contributed by atoms with E-state index in [1.807, 2.05) is 30.7 Å². The maximum absolute atomic E-state index is 13.2. The van der Waals surface area contributed by atoms with Gasteiger partial charge in [0, 0.05) is 23.8 Å². The quantitative estimate of drug-likeness (QED) is 0.484.